The molecule has 0 bridgehead atoms. The number of aromatic hydroxyl groups is 1. The fraction of sp³-hybridized carbons (Fsp3) is 0.415. The Bertz CT molecular complexity index is 2830. The molecule has 0 aliphatic carbocycles. The topological polar surface area (TPSA) is 438 Å². The molecule has 0 saturated heterocycles. The number of aromatic amines is 1. The predicted molar refractivity (Wildman–Crippen MR) is 294 cm³/mol. The Morgan fingerprint density at radius 2 is 1.16 bits per heavy atom. The van der Waals surface area contributed by atoms with Crippen LogP contribution in [0.2, 0.25) is 0 Å². The standard InChI is InChI=1S/C53H73N15O12/c1-28(2)22-39(47(75)61-37(16-11-21-58-52(56)57-5)46(74)62-38(45(55)73)25-33-27-59-36-15-10-9-14-35(33)36)65-53(80)68-67-50(78)41(23-31-12-7-6-8-13-31)64-51(79)44(29(3)69)66-49(77)42(26-43(54)72)63-48(76)40(60-30(4)70)24-32-17-19-34(71)20-18-32/h6-10,12-15,17-20,27-29,37-42,44,59,69,71H,11,16,21-26H2,1-5H3,(H2,54,72)(H2,55,73)(H,60,70)(H,61,75)(H,62,74)(H,63,76)(H,64,79)(H,66,77)(H,67,78)(H3,56,57,58)(H2,65,68,80)/t29-,37+,38+,39+,40-,41+,42+,44+/m1/s1. The average molecular weight is 1110 g/mol. The average Bonchev–Trinajstić information content (AvgIpc) is 3.83. The molecule has 0 unspecified atom stereocenters. The number of hydrogen-bond acceptors (Lipinski definition) is 13. The molecule has 3 aromatic carbocycles. The zero-order valence-electron chi connectivity index (χ0n) is 45.1. The number of amides is 11. The van der Waals surface area contributed by atoms with Crippen LogP contribution in [0.4, 0.5) is 4.79 Å². The number of nitrogens with zero attached hydrogens (tertiary/aromatic N) is 1. The van der Waals surface area contributed by atoms with Gasteiger partial charge in [-0.15, -0.1) is 0 Å². The van der Waals surface area contributed by atoms with Gasteiger partial charge in [0.15, 0.2) is 5.96 Å². The number of rotatable bonds is 29. The van der Waals surface area contributed by atoms with Crippen molar-refractivity contribution in [2.24, 2.45) is 28.1 Å². The SMILES string of the molecule is CN=C(N)NCCC[C@H](NC(=O)[C@H](CC(C)C)NC(=O)NNC(=O)[C@H](Cc1ccccc1)NC(=O)[C@@H](NC(=O)[C@H](CC(N)=O)NC(=O)[C@@H](Cc1ccc(O)cc1)NC(C)=O)[C@@H](C)O)C(=O)N[C@@H](Cc1c[nH]c2ccccc12)C(N)=O. The molecule has 11 amide bonds. The number of aliphatic hydroxyl groups is 1. The molecule has 0 fully saturated rings. The summed E-state index contributed by atoms with van der Waals surface area (Å²) in [5, 5.41) is 41.6. The Labute approximate surface area is 461 Å². The number of aliphatic imine (C=N–C) groups is 1. The fourth-order valence-electron chi connectivity index (χ4n) is 8.25. The van der Waals surface area contributed by atoms with Gasteiger partial charge in [-0.25, -0.2) is 10.2 Å². The first-order chi connectivity index (χ1) is 37.9. The van der Waals surface area contributed by atoms with E-state index in [4.69, 9.17) is 17.2 Å². The number of hydrogen-bond donors (Lipinski definition) is 16. The van der Waals surface area contributed by atoms with Crippen LogP contribution in [-0.2, 0) is 62.4 Å². The monoisotopic (exact) mass is 1110 g/mol. The third-order valence-electron chi connectivity index (χ3n) is 12.3. The summed E-state index contributed by atoms with van der Waals surface area (Å²) in [4.78, 5) is 141. The Hall–Kier alpha value is -9.27. The number of primary amides is 2. The number of nitrogens with one attached hydrogen (secondary N) is 11. The first kappa shape index (κ1) is 63.3. The molecule has 1 heterocycles. The van der Waals surface area contributed by atoms with Crippen LogP contribution in [0.3, 0.4) is 0 Å². The maximum absolute atomic E-state index is 14.1. The van der Waals surface area contributed by atoms with Crippen LogP contribution in [0.15, 0.2) is 90.1 Å². The molecule has 80 heavy (non-hydrogen) atoms. The van der Waals surface area contributed by atoms with Gasteiger partial charge in [0.25, 0.3) is 5.91 Å². The van der Waals surface area contributed by atoms with E-state index >= 15 is 0 Å². The molecule has 0 saturated carbocycles. The summed E-state index contributed by atoms with van der Waals surface area (Å²) in [5.41, 5.74) is 23.9. The van der Waals surface area contributed by atoms with Crippen molar-refractivity contribution in [2.75, 3.05) is 13.6 Å². The lowest BCUT2D eigenvalue weighted by atomic mass is 10.0. The number of guanidine groups is 1. The highest BCUT2D eigenvalue weighted by atomic mass is 16.3. The zero-order valence-corrected chi connectivity index (χ0v) is 45.1. The van der Waals surface area contributed by atoms with Crippen LogP contribution in [0.1, 0.15) is 70.1 Å². The van der Waals surface area contributed by atoms with Gasteiger partial charge in [0.05, 0.1) is 12.5 Å². The third-order valence-corrected chi connectivity index (χ3v) is 12.3. The smallest absolute Gasteiger partial charge is 0.334 e. The molecular formula is C53H73N15O12. The van der Waals surface area contributed by atoms with E-state index in [9.17, 15) is 58.2 Å². The fourth-order valence-corrected chi connectivity index (χ4v) is 8.25. The molecule has 432 valence electrons. The second kappa shape index (κ2) is 31.2. The molecule has 4 rings (SSSR count). The summed E-state index contributed by atoms with van der Waals surface area (Å²) in [5.74, 6) is -8.34. The molecule has 1 aromatic heterocycles. The van der Waals surface area contributed by atoms with E-state index in [1.165, 1.54) is 31.3 Å². The molecule has 4 aromatic rings. The molecule has 0 spiro atoms. The van der Waals surface area contributed by atoms with Gasteiger partial charge in [-0.2, -0.15) is 0 Å². The number of benzene rings is 3. The lowest BCUT2D eigenvalue weighted by Crippen LogP contribution is -2.62. The van der Waals surface area contributed by atoms with Gasteiger partial charge in [0, 0.05) is 56.9 Å². The molecule has 27 nitrogen and oxygen atoms in total. The summed E-state index contributed by atoms with van der Waals surface area (Å²) < 4.78 is 0. The maximum atomic E-state index is 14.1. The number of phenolic OH excluding ortho intramolecular Hbond substituents is 1. The van der Waals surface area contributed by atoms with Crippen molar-refractivity contribution in [3.63, 3.8) is 0 Å². The normalized spacial score (nSPS) is 14.3. The van der Waals surface area contributed by atoms with E-state index in [1.807, 2.05) is 24.3 Å². The number of para-hydroxylation sites is 1. The molecule has 0 aliphatic heterocycles. The molecule has 0 aliphatic rings. The minimum atomic E-state index is -1.83. The minimum absolute atomic E-state index is 0.0266. The van der Waals surface area contributed by atoms with Crippen molar-refractivity contribution in [2.45, 2.75) is 121 Å². The first-order valence-corrected chi connectivity index (χ1v) is 25.7. The number of aromatic nitrogens is 1. The first-order valence-electron chi connectivity index (χ1n) is 25.7. The largest absolute Gasteiger partial charge is 0.508 e. The van der Waals surface area contributed by atoms with Crippen molar-refractivity contribution >= 4 is 76.1 Å². The lowest BCUT2D eigenvalue weighted by molar-refractivity contribution is -0.137. The van der Waals surface area contributed by atoms with Gasteiger partial charge in [-0.05, 0) is 67.0 Å². The van der Waals surface area contributed by atoms with Crippen LogP contribution in [-0.4, -0.2) is 142 Å². The van der Waals surface area contributed by atoms with Crippen LogP contribution in [0.5, 0.6) is 5.75 Å². The van der Waals surface area contributed by atoms with Gasteiger partial charge in [-0.1, -0.05) is 74.5 Å². The summed E-state index contributed by atoms with van der Waals surface area (Å²) in [6, 6.07) is 10.2. The van der Waals surface area contributed by atoms with Crippen molar-refractivity contribution in [1.82, 2.24) is 58.4 Å². The summed E-state index contributed by atoms with van der Waals surface area (Å²) >= 11 is 0. The summed E-state index contributed by atoms with van der Waals surface area (Å²) in [6.07, 6.45) is -0.683. The Morgan fingerprint density at radius 1 is 0.600 bits per heavy atom. The number of nitrogens with two attached hydrogens (primary N) is 3. The molecular weight excluding hydrogens is 1040 g/mol. The number of phenols is 1. The van der Waals surface area contributed by atoms with Gasteiger partial charge < -0.3 is 74.9 Å². The number of carbonyl (C=O) groups excluding carboxylic acids is 10. The van der Waals surface area contributed by atoms with E-state index in [0.29, 0.717) is 16.7 Å². The van der Waals surface area contributed by atoms with Gasteiger partial charge in [0.2, 0.25) is 47.3 Å². The number of urea groups is 1. The highest BCUT2D eigenvalue weighted by Crippen LogP contribution is 2.20. The van der Waals surface area contributed by atoms with Crippen molar-refractivity contribution in [1.29, 1.82) is 0 Å². The van der Waals surface area contributed by atoms with E-state index in [0.717, 1.165) is 24.8 Å². The van der Waals surface area contributed by atoms with E-state index in [1.54, 1.807) is 50.4 Å². The quantitative estimate of drug-likeness (QED) is 0.0117. The highest BCUT2D eigenvalue weighted by Gasteiger charge is 2.35. The van der Waals surface area contributed by atoms with Crippen LogP contribution in [0.25, 0.3) is 10.9 Å². The Balaban J connectivity index is 1.48. The number of fused-ring (bicyclic) bond motifs is 1. The van der Waals surface area contributed by atoms with Gasteiger partial charge >= 0.3 is 6.03 Å². The molecule has 0 radical (unpaired) electrons. The molecule has 19 N–H and O–H groups in total. The Morgan fingerprint density at radius 3 is 1.77 bits per heavy atom. The van der Waals surface area contributed by atoms with E-state index in [2.05, 4.69) is 63.4 Å². The van der Waals surface area contributed by atoms with Gasteiger partial charge in [-0.3, -0.25) is 53.6 Å². The summed E-state index contributed by atoms with van der Waals surface area (Å²) in [7, 11) is 1.48. The molecule has 8 atom stereocenters. The third kappa shape index (κ3) is 20.9. The minimum Gasteiger partial charge on any atom is -0.508 e. The lowest BCUT2D eigenvalue weighted by Gasteiger charge is -2.27. The second-order valence-electron chi connectivity index (χ2n) is 19.4. The second-order valence-corrected chi connectivity index (χ2v) is 19.4. The zero-order chi connectivity index (χ0) is 59.1. The Kier molecular flexibility index (Phi) is 24.7. The number of aliphatic hydroxyl groups excluding tert-OH is 1. The highest BCUT2D eigenvalue weighted by molar-refractivity contribution is 5.98. The summed E-state index contributed by atoms with van der Waals surface area (Å²) in [6.45, 7) is 6.10. The van der Waals surface area contributed by atoms with Crippen molar-refractivity contribution in [3.8, 4) is 5.75 Å². The number of H-pyrrole nitrogens is 1. The molecule has 27 heteroatoms. The van der Waals surface area contributed by atoms with Crippen molar-refractivity contribution < 1.29 is 58.2 Å². The van der Waals surface area contributed by atoms with Crippen molar-refractivity contribution in [3.05, 3.63) is 102 Å². The van der Waals surface area contributed by atoms with Gasteiger partial charge in [0.1, 0.15) is 48.0 Å². The number of hydrazine groups is 1. The maximum Gasteiger partial charge on any atom is 0.334 e. The van der Waals surface area contributed by atoms with Crippen LogP contribution in [0, 0.1) is 5.92 Å². The van der Waals surface area contributed by atoms with Crippen LogP contribution >= 0.6 is 0 Å². The van der Waals surface area contributed by atoms with Crippen LogP contribution < -0.4 is 70.6 Å². The number of carbonyl (C=O) groups is 10. The predicted octanol–water partition coefficient (Wildman–Crippen LogP) is -2.37. The van der Waals surface area contributed by atoms with E-state index in [-0.39, 0.29) is 62.7 Å². The van der Waals surface area contributed by atoms with E-state index < -0.39 is 114 Å².